The first kappa shape index (κ1) is 13.2. The third-order valence-electron chi connectivity index (χ3n) is 1.71. The Morgan fingerprint density at radius 2 is 2.31 bits per heavy atom. The van der Waals surface area contributed by atoms with Gasteiger partial charge in [-0.25, -0.2) is 4.98 Å². The predicted octanol–water partition coefficient (Wildman–Crippen LogP) is 2.22. The molecule has 0 unspecified atom stereocenters. The zero-order valence-electron chi connectivity index (χ0n) is 9.03. The minimum Gasteiger partial charge on any atom is -0.462 e. The van der Waals surface area contributed by atoms with Crippen LogP contribution in [0.4, 0.5) is 5.82 Å². The molecular formula is C10H13ClN2O2S. The molecule has 2 N–H and O–H groups in total. The summed E-state index contributed by atoms with van der Waals surface area (Å²) in [6, 6.07) is 3.38. The summed E-state index contributed by atoms with van der Waals surface area (Å²) in [6.45, 7) is 3.34. The van der Waals surface area contributed by atoms with E-state index in [9.17, 15) is 0 Å². The Bertz CT molecular complexity index is 368. The second kappa shape index (κ2) is 5.43. The van der Waals surface area contributed by atoms with E-state index in [1.807, 2.05) is 0 Å². The summed E-state index contributed by atoms with van der Waals surface area (Å²) in [6.07, 6.45) is 1.50. The SMILES string of the molecule is CC(C)(CO)OC(=S)Nc1ccc(Cl)cn1. The molecule has 6 heteroatoms. The van der Waals surface area contributed by atoms with Crippen LogP contribution in [0.3, 0.4) is 0 Å². The van der Waals surface area contributed by atoms with E-state index in [0.29, 0.717) is 10.8 Å². The third-order valence-corrected chi connectivity index (χ3v) is 2.12. The molecular weight excluding hydrogens is 248 g/mol. The van der Waals surface area contributed by atoms with Crippen molar-refractivity contribution >= 4 is 34.8 Å². The fourth-order valence-corrected chi connectivity index (χ4v) is 1.31. The number of halogens is 1. The molecule has 0 aliphatic heterocycles. The molecule has 1 aromatic heterocycles. The lowest BCUT2D eigenvalue weighted by atomic mass is 10.2. The molecule has 0 aliphatic carbocycles. The first-order valence-electron chi connectivity index (χ1n) is 4.65. The van der Waals surface area contributed by atoms with Crippen LogP contribution in [-0.2, 0) is 4.74 Å². The van der Waals surface area contributed by atoms with E-state index < -0.39 is 5.60 Å². The largest absolute Gasteiger partial charge is 0.462 e. The fraction of sp³-hybridized carbons (Fsp3) is 0.400. The van der Waals surface area contributed by atoms with E-state index in [1.165, 1.54) is 6.20 Å². The summed E-state index contributed by atoms with van der Waals surface area (Å²) in [7, 11) is 0. The van der Waals surface area contributed by atoms with Gasteiger partial charge in [0.05, 0.1) is 11.6 Å². The van der Waals surface area contributed by atoms with E-state index in [4.69, 9.17) is 33.7 Å². The standard InChI is InChI=1S/C10H13ClN2O2S/c1-10(2,6-14)15-9(16)13-8-4-3-7(11)5-12-8/h3-5,14H,6H2,1-2H3,(H,12,13,16). The van der Waals surface area contributed by atoms with Gasteiger partial charge >= 0.3 is 0 Å². The lowest BCUT2D eigenvalue weighted by Crippen LogP contribution is -2.34. The van der Waals surface area contributed by atoms with Crippen molar-refractivity contribution in [2.45, 2.75) is 19.4 Å². The van der Waals surface area contributed by atoms with Crippen LogP contribution < -0.4 is 5.32 Å². The number of ether oxygens (including phenoxy) is 1. The van der Waals surface area contributed by atoms with Crippen molar-refractivity contribution in [1.29, 1.82) is 0 Å². The zero-order valence-corrected chi connectivity index (χ0v) is 10.6. The van der Waals surface area contributed by atoms with Crippen LogP contribution in [0.2, 0.25) is 5.02 Å². The van der Waals surface area contributed by atoms with Crippen molar-refractivity contribution in [3.63, 3.8) is 0 Å². The highest BCUT2D eigenvalue weighted by atomic mass is 35.5. The van der Waals surface area contributed by atoms with Gasteiger partial charge in [0.25, 0.3) is 5.17 Å². The highest BCUT2D eigenvalue weighted by Gasteiger charge is 2.19. The maximum Gasteiger partial charge on any atom is 0.262 e. The Hall–Kier alpha value is -0.910. The van der Waals surface area contributed by atoms with Crippen molar-refractivity contribution < 1.29 is 9.84 Å². The second-order valence-electron chi connectivity index (χ2n) is 3.79. The Labute approximate surface area is 105 Å². The highest BCUT2D eigenvalue weighted by Crippen LogP contribution is 2.12. The van der Waals surface area contributed by atoms with Crippen LogP contribution in [-0.4, -0.2) is 27.5 Å². The number of nitrogens with zero attached hydrogens (tertiary/aromatic N) is 1. The first-order valence-corrected chi connectivity index (χ1v) is 5.44. The van der Waals surface area contributed by atoms with Gasteiger partial charge in [-0.3, -0.25) is 0 Å². The number of hydrogen-bond donors (Lipinski definition) is 2. The van der Waals surface area contributed by atoms with Gasteiger partial charge in [-0.15, -0.1) is 0 Å². The lowest BCUT2D eigenvalue weighted by Gasteiger charge is -2.24. The summed E-state index contributed by atoms with van der Waals surface area (Å²) >= 11 is 10.7. The molecule has 0 fully saturated rings. The van der Waals surface area contributed by atoms with Gasteiger partial charge in [0, 0.05) is 6.20 Å². The number of pyridine rings is 1. The molecule has 1 heterocycles. The monoisotopic (exact) mass is 260 g/mol. The van der Waals surface area contributed by atoms with Crippen molar-refractivity contribution in [2.24, 2.45) is 0 Å². The Balaban J connectivity index is 2.55. The number of aliphatic hydroxyl groups is 1. The van der Waals surface area contributed by atoms with E-state index in [1.54, 1.807) is 26.0 Å². The molecule has 0 saturated heterocycles. The van der Waals surface area contributed by atoms with Crippen molar-refractivity contribution in [2.75, 3.05) is 11.9 Å². The van der Waals surface area contributed by atoms with Crippen LogP contribution in [0.25, 0.3) is 0 Å². The number of aliphatic hydroxyl groups excluding tert-OH is 1. The van der Waals surface area contributed by atoms with Crippen LogP contribution >= 0.6 is 23.8 Å². The Morgan fingerprint density at radius 3 is 2.81 bits per heavy atom. The number of anilines is 1. The smallest absolute Gasteiger partial charge is 0.262 e. The minimum atomic E-state index is -0.712. The summed E-state index contributed by atoms with van der Waals surface area (Å²) in [4.78, 5) is 4.00. The van der Waals surface area contributed by atoms with Crippen LogP contribution in [0.1, 0.15) is 13.8 Å². The fourth-order valence-electron chi connectivity index (χ4n) is 0.863. The lowest BCUT2D eigenvalue weighted by molar-refractivity contribution is 0.0335. The summed E-state index contributed by atoms with van der Waals surface area (Å²) < 4.78 is 5.32. The number of nitrogens with one attached hydrogen (secondary N) is 1. The van der Waals surface area contributed by atoms with Crippen molar-refractivity contribution in [1.82, 2.24) is 4.98 Å². The van der Waals surface area contributed by atoms with Gasteiger partial charge in [0.1, 0.15) is 11.4 Å². The second-order valence-corrected chi connectivity index (χ2v) is 4.60. The minimum absolute atomic E-state index is 0.122. The molecule has 1 rings (SSSR count). The molecule has 0 saturated carbocycles. The summed E-state index contributed by atoms with van der Waals surface area (Å²) in [5.74, 6) is 0.545. The van der Waals surface area contributed by atoms with E-state index in [2.05, 4.69) is 10.3 Å². The van der Waals surface area contributed by atoms with E-state index in [-0.39, 0.29) is 11.8 Å². The number of hydrogen-bond acceptors (Lipinski definition) is 4. The number of rotatable bonds is 3. The molecule has 1 aromatic rings. The van der Waals surface area contributed by atoms with E-state index in [0.717, 1.165) is 0 Å². The van der Waals surface area contributed by atoms with Crippen molar-refractivity contribution in [3.8, 4) is 0 Å². The van der Waals surface area contributed by atoms with Gasteiger partial charge in [0.15, 0.2) is 0 Å². The van der Waals surface area contributed by atoms with Crippen LogP contribution in [0.5, 0.6) is 0 Å². The molecule has 88 valence electrons. The molecule has 0 atom stereocenters. The molecule has 0 aliphatic rings. The average molecular weight is 261 g/mol. The van der Waals surface area contributed by atoms with Crippen molar-refractivity contribution in [3.05, 3.63) is 23.4 Å². The maximum absolute atomic E-state index is 9.00. The normalized spacial score (nSPS) is 11.0. The Kier molecular flexibility index (Phi) is 4.46. The molecule has 0 amide bonds. The Morgan fingerprint density at radius 1 is 1.62 bits per heavy atom. The molecule has 0 spiro atoms. The third kappa shape index (κ3) is 4.30. The number of thiocarbonyl (C=S) groups is 1. The first-order chi connectivity index (χ1) is 7.43. The van der Waals surface area contributed by atoms with Crippen LogP contribution in [0, 0.1) is 0 Å². The molecule has 16 heavy (non-hydrogen) atoms. The zero-order chi connectivity index (χ0) is 12.2. The van der Waals surface area contributed by atoms with Gasteiger partial charge in [-0.1, -0.05) is 11.6 Å². The maximum atomic E-state index is 9.00. The molecule has 0 aromatic carbocycles. The topological polar surface area (TPSA) is 54.4 Å². The van der Waals surface area contributed by atoms with Gasteiger partial charge in [0.2, 0.25) is 0 Å². The summed E-state index contributed by atoms with van der Waals surface area (Å²) in [5, 5.41) is 12.5. The summed E-state index contributed by atoms with van der Waals surface area (Å²) in [5.41, 5.74) is -0.712. The molecule has 4 nitrogen and oxygen atoms in total. The van der Waals surface area contributed by atoms with Gasteiger partial charge < -0.3 is 15.2 Å². The van der Waals surface area contributed by atoms with E-state index >= 15 is 0 Å². The molecule has 0 radical (unpaired) electrons. The van der Waals surface area contributed by atoms with Gasteiger partial charge in [-0.05, 0) is 38.2 Å². The highest BCUT2D eigenvalue weighted by molar-refractivity contribution is 7.80. The quantitative estimate of drug-likeness (QED) is 0.817. The number of aromatic nitrogens is 1. The van der Waals surface area contributed by atoms with Gasteiger partial charge in [-0.2, -0.15) is 0 Å². The average Bonchev–Trinajstić information content (AvgIpc) is 2.21. The predicted molar refractivity (Wildman–Crippen MR) is 67.7 cm³/mol. The molecule has 0 bridgehead atoms. The van der Waals surface area contributed by atoms with Crippen LogP contribution in [0.15, 0.2) is 18.3 Å².